The first-order valence-electron chi connectivity index (χ1n) is 30.5. The van der Waals surface area contributed by atoms with Crippen LogP contribution in [0.5, 0.6) is 5.75 Å². The van der Waals surface area contributed by atoms with Crippen LogP contribution in [0.15, 0.2) is 48.6 Å². The van der Waals surface area contributed by atoms with Crippen molar-refractivity contribution in [3.05, 3.63) is 70.9 Å². The third kappa shape index (κ3) is 13.1. The predicted octanol–water partition coefficient (Wildman–Crippen LogP) is 2.45. The number of methoxy groups -OCH3 is 2. The molecule has 1 aromatic heterocycles. The summed E-state index contributed by atoms with van der Waals surface area (Å²) in [6.07, 6.45) is 5.60. The van der Waals surface area contributed by atoms with Crippen LogP contribution in [0.1, 0.15) is 68.3 Å². The number of nitrogens with zero attached hydrogens (tertiary/aromatic N) is 2. The van der Waals surface area contributed by atoms with Gasteiger partial charge in [0.1, 0.15) is 17.3 Å². The van der Waals surface area contributed by atoms with Crippen molar-refractivity contribution in [3.8, 4) is 5.75 Å². The quantitative estimate of drug-likeness (QED) is 0.0253. The Kier molecular flexibility index (Phi) is 22.6. The summed E-state index contributed by atoms with van der Waals surface area (Å²) in [7, 11) is 3.03. The molecule has 2 bridgehead atoms. The van der Waals surface area contributed by atoms with Crippen molar-refractivity contribution in [3.63, 3.8) is 0 Å². The minimum absolute atomic E-state index is 0.0749. The van der Waals surface area contributed by atoms with Crippen LogP contribution in [0, 0.1) is 11.3 Å². The Bertz CT molecular complexity index is 2650. The molecule has 1 aliphatic carbocycles. The molecular formula is C62H94N6O16. The van der Waals surface area contributed by atoms with Gasteiger partial charge in [-0.25, -0.2) is 0 Å². The number of esters is 1. The first kappa shape index (κ1) is 64.1. The summed E-state index contributed by atoms with van der Waals surface area (Å²) in [5.74, 6) is -0.833. The predicted molar refractivity (Wildman–Crippen MR) is 314 cm³/mol. The third-order valence-corrected chi connectivity index (χ3v) is 18.6. The van der Waals surface area contributed by atoms with Crippen molar-refractivity contribution < 1.29 is 77.0 Å². The Labute approximate surface area is 494 Å². The number of ether oxygens (including phenoxy) is 11. The number of aliphatic hydroxyl groups excluding tert-OH is 1. The van der Waals surface area contributed by atoms with Crippen molar-refractivity contribution >= 4 is 28.5 Å². The van der Waals surface area contributed by atoms with E-state index in [1.165, 1.54) is 7.11 Å². The van der Waals surface area contributed by atoms with Crippen molar-refractivity contribution in [1.29, 1.82) is 0 Å². The van der Waals surface area contributed by atoms with E-state index in [4.69, 9.17) is 57.8 Å². The van der Waals surface area contributed by atoms with Crippen LogP contribution in [0.2, 0.25) is 0 Å². The number of fused-ring (bicyclic) bond motifs is 6. The van der Waals surface area contributed by atoms with E-state index in [0.717, 1.165) is 27.7 Å². The minimum atomic E-state index is -2.33. The Hall–Kier alpha value is -4.34. The number of aliphatic hydroxyl groups is 3. The number of rotatable bonds is 35. The third-order valence-electron chi connectivity index (χ3n) is 18.6. The highest BCUT2D eigenvalue weighted by Crippen LogP contribution is 2.66. The second kappa shape index (κ2) is 29.6. The number of amides is 1. The number of nitrogens with two attached hydrogens (primary N) is 1. The number of benzene rings is 2. The van der Waals surface area contributed by atoms with Gasteiger partial charge in [-0.05, 0) is 74.2 Å². The van der Waals surface area contributed by atoms with Crippen molar-refractivity contribution in [1.82, 2.24) is 20.1 Å². The number of hydrogen-bond acceptors (Lipinski definition) is 20. The molecule has 9 rings (SSSR count). The number of carbonyl (C=O) groups is 2. The van der Waals surface area contributed by atoms with Gasteiger partial charge in [-0.15, -0.1) is 0 Å². The molecule has 468 valence electrons. The van der Waals surface area contributed by atoms with Crippen LogP contribution in [-0.2, 0) is 74.2 Å². The molecule has 6 heterocycles. The Morgan fingerprint density at radius 2 is 1.35 bits per heavy atom. The zero-order valence-electron chi connectivity index (χ0n) is 50.0. The number of carbonyl (C=O) groups excluding carboxylic acids is 2. The topological polar surface area (TPSA) is 269 Å². The molecule has 22 heteroatoms. The molecule has 5 aliphatic heterocycles. The summed E-state index contributed by atoms with van der Waals surface area (Å²) in [5, 5.41) is 45.9. The van der Waals surface area contributed by atoms with Gasteiger partial charge in [-0.2, -0.15) is 0 Å². The molecule has 2 aromatic carbocycles. The molecule has 3 unspecified atom stereocenters. The molecule has 10 atom stereocenters. The van der Waals surface area contributed by atoms with E-state index in [1.54, 1.807) is 7.11 Å². The van der Waals surface area contributed by atoms with Crippen molar-refractivity contribution in [2.75, 3.05) is 184 Å². The van der Waals surface area contributed by atoms with E-state index in [0.29, 0.717) is 201 Å². The molecule has 1 spiro atoms. The number of aromatic amines is 1. The molecule has 1 amide bonds. The number of anilines is 1. The van der Waals surface area contributed by atoms with Crippen LogP contribution in [0.3, 0.4) is 0 Å². The monoisotopic (exact) mass is 1180 g/mol. The van der Waals surface area contributed by atoms with E-state index in [2.05, 4.69) is 37.6 Å². The highest BCUT2D eigenvalue weighted by Gasteiger charge is 2.77. The largest absolute Gasteiger partial charge is 0.496 e. The van der Waals surface area contributed by atoms with Crippen LogP contribution in [-0.4, -0.2) is 250 Å². The highest BCUT2D eigenvalue weighted by atomic mass is 16.6. The molecule has 22 nitrogen and oxygen atoms in total. The highest BCUT2D eigenvalue weighted by molar-refractivity contribution is 5.95. The average molecular weight is 1180 g/mol. The van der Waals surface area contributed by atoms with Gasteiger partial charge in [0.2, 0.25) is 0 Å². The summed E-state index contributed by atoms with van der Waals surface area (Å²) in [4.78, 5) is 38.9. The molecule has 0 radical (unpaired) electrons. The lowest BCUT2D eigenvalue weighted by atomic mass is 9.47. The normalized spacial score (nSPS) is 29.5. The lowest BCUT2D eigenvalue weighted by molar-refractivity contribution is -0.200. The maximum Gasteiger partial charge on any atom is 0.322 e. The fourth-order valence-corrected chi connectivity index (χ4v) is 14.9. The molecular weight excluding hydrogens is 1080 g/mol. The fraction of sp³-hybridized carbons (Fsp3) is 0.710. The summed E-state index contributed by atoms with van der Waals surface area (Å²) in [6.45, 7) is 15.5. The molecule has 3 aromatic rings. The van der Waals surface area contributed by atoms with Gasteiger partial charge in [0, 0.05) is 90.1 Å². The van der Waals surface area contributed by atoms with Crippen molar-refractivity contribution in [2.24, 2.45) is 17.1 Å². The molecule has 2 saturated heterocycles. The zero-order chi connectivity index (χ0) is 59.2. The molecule has 6 aliphatic rings. The smallest absolute Gasteiger partial charge is 0.322 e. The number of hydrogen-bond donors (Lipinski definition) is 7. The molecule has 8 N–H and O–H groups in total. The summed E-state index contributed by atoms with van der Waals surface area (Å²) in [6, 6.07) is 10.8. The SMILES string of the molecule is CC[C@]1(O)CC2CN(CCc3c([nH]c4ccccc34)[C@@](C(=O)OC)(c3cc4c(cc3OC)N[C@@H]3C45CCN4CC=C[C@](CC)([C@H]45)[C@@H](O)[C@]3(O)C(=O)NCCOCCOCCOCCOCCOCCOCCOCCOCCOCCN)C2)C1. The van der Waals surface area contributed by atoms with Crippen LogP contribution < -0.4 is 21.1 Å². The van der Waals surface area contributed by atoms with Gasteiger partial charge in [0.25, 0.3) is 5.91 Å². The molecule has 84 heavy (non-hydrogen) atoms. The number of aromatic nitrogens is 1. The molecule has 1 saturated carbocycles. The zero-order valence-corrected chi connectivity index (χ0v) is 50.0. The second-order valence-electron chi connectivity index (χ2n) is 23.3. The maximum atomic E-state index is 15.4. The lowest BCUT2D eigenvalue weighted by Gasteiger charge is -2.62. The van der Waals surface area contributed by atoms with Crippen LogP contribution >= 0.6 is 0 Å². The fourth-order valence-electron chi connectivity index (χ4n) is 14.9. The van der Waals surface area contributed by atoms with E-state index < -0.39 is 51.5 Å². The van der Waals surface area contributed by atoms with E-state index >= 15 is 4.79 Å². The molecule has 3 fully saturated rings. The summed E-state index contributed by atoms with van der Waals surface area (Å²) in [5.41, 5.74) is 3.46. The van der Waals surface area contributed by atoms with Gasteiger partial charge in [-0.1, -0.05) is 44.2 Å². The first-order valence-corrected chi connectivity index (χ1v) is 30.5. The lowest BCUT2D eigenvalue weighted by Crippen LogP contribution is -2.80. The second-order valence-corrected chi connectivity index (χ2v) is 23.3. The van der Waals surface area contributed by atoms with Gasteiger partial charge in [0.05, 0.1) is 145 Å². The van der Waals surface area contributed by atoms with Gasteiger partial charge >= 0.3 is 5.97 Å². The average Bonchev–Trinajstić information content (AvgIpc) is 1.44. The van der Waals surface area contributed by atoms with Gasteiger partial charge < -0.3 is 88.8 Å². The Morgan fingerprint density at radius 1 is 0.750 bits per heavy atom. The van der Waals surface area contributed by atoms with E-state index in [1.807, 2.05) is 50.3 Å². The Morgan fingerprint density at radius 3 is 1.92 bits per heavy atom. The van der Waals surface area contributed by atoms with Crippen LogP contribution in [0.25, 0.3) is 10.9 Å². The number of para-hydroxylation sites is 1. The maximum absolute atomic E-state index is 15.4. The van der Waals surface area contributed by atoms with E-state index in [-0.39, 0.29) is 31.7 Å². The number of H-pyrrole nitrogens is 1. The number of nitrogens with one attached hydrogen (secondary N) is 3. The summed E-state index contributed by atoms with van der Waals surface area (Å²) < 4.78 is 62.3. The van der Waals surface area contributed by atoms with Crippen LogP contribution in [0.4, 0.5) is 5.69 Å². The standard InChI is InChI=1S/C62H94N6O16/c1-5-58(72)40-44-41-61(57(71)75-4,52-46(12-18-67(42-44)43-58)45-10-7-8-11-49(45)65-52)48-38-47-50(39-51(48)74-3)66-53-60(47)14-19-68-17-9-13-59(6-2,54(60)68)55(69)62(53,73)56(70)64-16-21-77-23-25-79-27-29-81-31-33-83-35-37-84-36-34-82-32-30-80-28-26-78-24-22-76-20-15-63/h7-11,13,38-39,44,53-55,65-66,69,72-73H,5-6,12,14-37,40-43,63H2,1-4H3,(H,64,70)/t44?,53-,54+,55-,58+,59-,60?,61+,62+/m1/s1. The van der Waals surface area contributed by atoms with E-state index in [9.17, 15) is 20.1 Å². The van der Waals surface area contributed by atoms with Crippen molar-refractivity contribution in [2.45, 2.75) is 92.6 Å². The van der Waals surface area contributed by atoms with Gasteiger partial charge in [0.15, 0.2) is 5.60 Å². The minimum Gasteiger partial charge on any atom is -0.496 e. The number of piperidine rings is 1. The Balaban J connectivity index is 0.796. The van der Waals surface area contributed by atoms with Gasteiger partial charge in [-0.3, -0.25) is 19.4 Å². The summed E-state index contributed by atoms with van der Waals surface area (Å²) >= 11 is 0. The first-order chi connectivity index (χ1) is 40.9.